The Kier molecular flexibility index (Phi) is 5.39. The molecular weight excluding hydrogens is 301 g/mol. The van der Waals surface area contributed by atoms with E-state index in [1.54, 1.807) is 12.1 Å². The lowest BCUT2D eigenvalue weighted by Gasteiger charge is -2.07. The van der Waals surface area contributed by atoms with E-state index in [0.717, 1.165) is 11.1 Å². The largest absolute Gasteiger partial charge is 0.494 e. The number of benzene rings is 2. The topological polar surface area (TPSA) is 57.4 Å². The van der Waals surface area contributed by atoms with Crippen molar-refractivity contribution in [3.8, 4) is 23.1 Å². The van der Waals surface area contributed by atoms with Crippen molar-refractivity contribution in [3.05, 3.63) is 48.3 Å². The quantitative estimate of drug-likeness (QED) is 0.404. The zero-order chi connectivity index (χ0) is 15.9. The minimum Gasteiger partial charge on any atom is -0.494 e. The second kappa shape index (κ2) is 7.48. The second-order valence-corrected chi connectivity index (χ2v) is 5.05. The molecule has 2 rings (SSSR count). The second-order valence-electron chi connectivity index (χ2n) is 4.26. The number of methoxy groups -OCH3 is 1. The van der Waals surface area contributed by atoms with Gasteiger partial charge in [0.05, 0.1) is 12.8 Å². The predicted molar refractivity (Wildman–Crippen MR) is 87.7 cm³/mol. The number of ether oxygens (including phenoxy) is 1. The highest BCUT2D eigenvalue weighted by Gasteiger charge is 2.06. The van der Waals surface area contributed by atoms with Crippen molar-refractivity contribution in [2.75, 3.05) is 13.4 Å². The third-order valence-electron chi connectivity index (χ3n) is 2.92. The van der Waals surface area contributed by atoms with Crippen LogP contribution in [0.3, 0.4) is 0 Å². The van der Waals surface area contributed by atoms with Crippen molar-refractivity contribution in [2.45, 2.75) is 0 Å². The molecule has 112 valence electrons. The first-order valence-corrected chi connectivity index (χ1v) is 7.62. The number of thioether (sulfide) groups is 1. The summed E-state index contributed by atoms with van der Waals surface area (Å²) in [5.41, 5.74) is 2.25. The Hall–Kier alpha value is -2.52. The molecule has 22 heavy (non-hydrogen) atoms. The normalized spacial score (nSPS) is 10.9. The minimum atomic E-state index is -0.412. The first-order chi connectivity index (χ1) is 10.7. The van der Waals surface area contributed by atoms with Crippen LogP contribution in [0.25, 0.3) is 11.1 Å². The number of amidine groups is 1. The fraction of sp³-hybridized carbons (Fsp3) is 0.125. The Morgan fingerprint density at radius 1 is 1.27 bits per heavy atom. The van der Waals surface area contributed by atoms with Gasteiger partial charge in [0.15, 0.2) is 22.9 Å². The van der Waals surface area contributed by atoms with E-state index in [2.05, 4.69) is 10.3 Å². The molecule has 0 saturated heterocycles. The van der Waals surface area contributed by atoms with Gasteiger partial charge in [0.2, 0.25) is 0 Å². The van der Waals surface area contributed by atoms with Gasteiger partial charge in [0, 0.05) is 0 Å². The van der Waals surface area contributed by atoms with Gasteiger partial charge in [-0.2, -0.15) is 5.26 Å². The molecule has 1 N–H and O–H groups in total. The average Bonchev–Trinajstić information content (AvgIpc) is 2.54. The van der Waals surface area contributed by atoms with Gasteiger partial charge in [-0.25, -0.2) is 9.38 Å². The minimum absolute atomic E-state index is 0.209. The maximum Gasteiger partial charge on any atom is 0.183 e. The fourth-order valence-corrected chi connectivity index (χ4v) is 2.24. The third-order valence-corrected chi connectivity index (χ3v) is 3.50. The Labute approximate surface area is 132 Å². The number of hydrogen-bond donors (Lipinski definition) is 1. The van der Waals surface area contributed by atoms with Gasteiger partial charge >= 0.3 is 0 Å². The van der Waals surface area contributed by atoms with Crippen LogP contribution in [0.4, 0.5) is 10.1 Å². The molecule has 0 bridgehead atoms. The van der Waals surface area contributed by atoms with Crippen LogP contribution in [0.2, 0.25) is 0 Å². The molecule has 0 aliphatic rings. The summed E-state index contributed by atoms with van der Waals surface area (Å²) in [4.78, 5) is 4.34. The summed E-state index contributed by atoms with van der Waals surface area (Å²) in [5.74, 6) is -0.203. The van der Waals surface area contributed by atoms with Gasteiger partial charge < -0.3 is 4.74 Å². The van der Waals surface area contributed by atoms with Crippen molar-refractivity contribution in [2.24, 2.45) is 4.99 Å². The van der Waals surface area contributed by atoms with Crippen LogP contribution in [0.5, 0.6) is 5.75 Å². The van der Waals surface area contributed by atoms with Crippen LogP contribution >= 0.6 is 11.8 Å². The van der Waals surface area contributed by atoms with Crippen LogP contribution in [0.1, 0.15) is 0 Å². The summed E-state index contributed by atoms with van der Waals surface area (Å²) < 4.78 is 18.7. The zero-order valence-electron chi connectivity index (χ0n) is 12.1. The summed E-state index contributed by atoms with van der Waals surface area (Å²) in [6, 6.07) is 12.1. The lowest BCUT2D eigenvalue weighted by Crippen LogP contribution is -2.12. The molecule has 2 aromatic carbocycles. The van der Waals surface area contributed by atoms with E-state index in [-0.39, 0.29) is 5.75 Å². The van der Waals surface area contributed by atoms with Gasteiger partial charge in [-0.15, -0.1) is 0 Å². The Morgan fingerprint density at radius 3 is 2.68 bits per heavy atom. The molecule has 0 unspecified atom stereocenters. The van der Waals surface area contributed by atoms with Crippen LogP contribution in [-0.4, -0.2) is 18.5 Å². The average molecular weight is 315 g/mol. The van der Waals surface area contributed by atoms with E-state index >= 15 is 0 Å². The van der Waals surface area contributed by atoms with Crippen molar-refractivity contribution in [1.29, 1.82) is 5.26 Å². The van der Waals surface area contributed by atoms with Crippen LogP contribution in [-0.2, 0) is 0 Å². The third kappa shape index (κ3) is 3.77. The molecule has 0 aromatic heterocycles. The summed E-state index contributed by atoms with van der Waals surface area (Å²) in [7, 11) is 1.43. The highest BCUT2D eigenvalue weighted by Crippen LogP contribution is 2.28. The summed E-state index contributed by atoms with van der Waals surface area (Å²) in [5, 5.41) is 11.7. The highest BCUT2D eigenvalue weighted by molar-refractivity contribution is 8.13. The number of aliphatic imine (C=N–C) groups is 1. The molecule has 0 aliphatic heterocycles. The molecular formula is C16H14FN3OS. The molecule has 0 amide bonds. The molecule has 0 heterocycles. The van der Waals surface area contributed by atoms with Crippen LogP contribution in [0, 0.1) is 17.3 Å². The Balaban J connectivity index is 2.36. The van der Waals surface area contributed by atoms with Gasteiger partial charge in [-0.3, -0.25) is 5.32 Å². The molecule has 6 heteroatoms. The van der Waals surface area contributed by atoms with Crippen molar-refractivity contribution in [3.63, 3.8) is 0 Å². The van der Waals surface area contributed by atoms with Crippen molar-refractivity contribution >= 4 is 22.6 Å². The van der Waals surface area contributed by atoms with E-state index in [0.29, 0.717) is 10.9 Å². The van der Waals surface area contributed by atoms with Gasteiger partial charge in [-0.1, -0.05) is 30.0 Å². The van der Waals surface area contributed by atoms with Crippen molar-refractivity contribution < 1.29 is 9.13 Å². The summed E-state index contributed by atoms with van der Waals surface area (Å²) >= 11 is 1.34. The van der Waals surface area contributed by atoms with E-state index < -0.39 is 5.82 Å². The monoisotopic (exact) mass is 315 g/mol. The van der Waals surface area contributed by atoms with E-state index in [4.69, 9.17) is 10.00 Å². The lowest BCUT2D eigenvalue weighted by atomic mass is 10.0. The molecule has 4 nitrogen and oxygen atoms in total. The van der Waals surface area contributed by atoms with Gasteiger partial charge in [0.25, 0.3) is 0 Å². The number of nitrogens with one attached hydrogen (secondary N) is 1. The molecule has 0 atom stereocenters. The summed E-state index contributed by atoms with van der Waals surface area (Å²) in [6.07, 6.45) is 3.67. The smallest absolute Gasteiger partial charge is 0.183 e. The molecule has 2 aromatic rings. The molecule has 0 radical (unpaired) electrons. The van der Waals surface area contributed by atoms with Gasteiger partial charge in [0.1, 0.15) is 0 Å². The van der Waals surface area contributed by atoms with E-state index in [9.17, 15) is 4.39 Å². The van der Waals surface area contributed by atoms with Crippen molar-refractivity contribution in [1.82, 2.24) is 5.32 Å². The van der Waals surface area contributed by atoms with Crippen LogP contribution < -0.4 is 10.1 Å². The fourth-order valence-electron chi connectivity index (χ4n) is 1.89. The molecule has 0 saturated carbocycles. The van der Waals surface area contributed by atoms with Gasteiger partial charge in [-0.05, 0) is 41.6 Å². The predicted octanol–water partition coefficient (Wildman–Crippen LogP) is 3.92. The molecule has 0 spiro atoms. The number of halogens is 1. The van der Waals surface area contributed by atoms with E-state index in [1.807, 2.05) is 36.7 Å². The number of rotatable bonds is 3. The Morgan fingerprint density at radius 2 is 2.05 bits per heavy atom. The first kappa shape index (κ1) is 15.9. The standard InChI is InChI=1S/C16H14FN3OS/c1-21-15-7-6-12(9-14(15)17)11-4-3-5-13(8-11)20-16(22-2)19-10-18/h3-9H,1-2H3,(H,19,20). The number of nitrogens with zero attached hydrogens (tertiary/aromatic N) is 2. The zero-order valence-corrected chi connectivity index (χ0v) is 12.9. The van der Waals surface area contributed by atoms with E-state index in [1.165, 1.54) is 24.9 Å². The lowest BCUT2D eigenvalue weighted by molar-refractivity contribution is 0.386. The first-order valence-electron chi connectivity index (χ1n) is 6.39. The number of nitriles is 1. The number of hydrogen-bond acceptors (Lipinski definition) is 4. The highest BCUT2D eigenvalue weighted by atomic mass is 32.2. The SMILES string of the molecule is COc1ccc(-c2cccc(N=C(NC#N)SC)c2)cc1F. The molecule has 0 fully saturated rings. The Bertz CT molecular complexity index is 740. The summed E-state index contributed by atoms with van der Waals surface area (Å²) in [6.45, 7) is 0. The molecule has 0 aliphatic carbocycles. The van der Waals surface area contributed by atoms with Crippen LogP contribution in [0.15, 0.2) is 47.5 Å². The maximum atomic E-state index is 13.8. The maximum absolute atomic E-state index is 13.8.